The van der Waals surface area contributed by atoms with Crippen molar-refractivity contribution >= 4 is 29.2 Å². The first kappa shape index (κ1) is 16.8. The largest absolute Gasteiger partial charge is 0.494 e. The van der Waals surface area contributed by atoms with Crippen molar-refractivity contribution in [2.45, 2.75) is 26.8 Å². The van der Waals surface area contributed by atoms with Crippen molar-refractivity contribution < 1.29 is 9.53 Å². The highest BCUT2D eigenvalue weighted by Gasteiger charge is 2.11. The van der Waals surface area contributed by atoms with Crippen LogP contribution in [-0.4, -0.2) is 37.8 Å². The molecule has 0 unspecified atom stereocenters. The topological polar surface area (TPSA) is 94.0 Å². The van der Waals surface area contributed by atoms with Gasteiger partial charge in [0.2, 0.25) is 5.95 Å². The number of rotatable bonds is 6. The Hall–Kier alpha value is -2.55. The van der Waals surface area contributed by atoms with Crippen LogP contribution in [0.4, 0.5) is 5.95 Å². The number of nitrogens with zero attached hydrogens (tertiary/aromatic N) is 4. The lowest BCUT2D eigenvalue weighted by atomic mass is 10.2. The highest BCUT2D eigenvalue weighted by Crippen LogP contribution is 2.12. The minimum Gasteiger partial charge on any atom is -0.494 e. The van der Waals surface area contributed by atoms with Gasteiger partial charge in [-0.15, -0.1) is 0 Å². The molecule has 0 fully saturated rings. The van der Waals surface area contributed by atoms with Crippen molar-refractivity contribution in [3.8, 4) is 5.75 Å². The lowest BCUT2D eigenvalue weighted by Crippen LogP contribution is -2.35. The second kappa shape index (κ2) is 8.18. The molecule has 0 radical (unpaired) electrons. The van der Waals surface area contributed by atoms with E-state index in [9.17, 15) is 4.79 Å². The average Bonchev–Trinajstić information content (AvgIpc) is 2.95. The van der Waals surface area contributed by atoms with E-state index in [0.717, 1.165) is 6.42 Å². The first-order chi connectivity index (χ1) is 11.1. The van der Waals surface area contributed by atoms with Crippen molar-refractivity contribution in [2.24, 2.45) is 0 Å². The summed E-state index contributed by atoms with van der Waals surface area (Å²) in [7, 11) is 0. The molecule has 0 bridgehead atoms. The molecule has 0 aliphatic rings. The maximum atomic E-state index is 12.1. The summed E-state index contributed by atoms with van der Waals surface area (Å²) in [6.07, 6.45) is 0.880. The van der Waals surface area contributed by atoms with E-state index in [0.29, 0.717) is 30.4 Å². The van der Waals surface area contributed by atoms with Gasteiger partial charge in [-0.1, -0.05) is 12.0 Å². The van der Waals surface area contributed by atoms with Crippen LogP contribution in [0.2, 0.25) is 0 Å². The molecule has 0 aliphatic heterocycles. The number of anilines is 1. The summed E-state index contributed by atoms with van der Waals surface area (Å²) in [6.45, 7) is 5.14. The Labute approximate surface area is 139 Å². The minimum atomic E-state index is -0.319. The molecule has 2 N–H and O–H groups in total. The molecule has 0 aliphatic carbocycles. The first-order valence-corrected chi connectivity index (χ1v) is 7.66. The van der Waals surface area contributed by atoms with Gasteiger partial charge < -0.3 is 4.74 Å². The summed E-state index contributed by atoms with van der Waals surface area (Å²) in [5.41, 5.74) is 0.478. The van der Waals surface area contributed by atoms with Crippen molar-refractivity contribution in [2.75, 3.05) is 11.9 Å². The van der Waals surface area contributed by atoms with Gasteiger partial charge in [0, 0.05) is 12.1 Å². The molecular weight excluding hydrogens is 316 g/mol. The van der Waals surface area contributed by atoms with E-state index in [2.05, 4.69) is 26.2 Å². The average molecular weight is 334 g/mol. The number of amides is 1. The van der Waals surface area contributed by atoms with Crippen LogP contribution in [-0.2, 0) is 6.54 Å². The van der Waals surface area contributed by atoms with Gasteiger partial charge in [0.05, 0.1) is 6.61 Å². The van der Waals surface area contributed by atoms with Crippen LogP contribution in [0.1, 0.15) is 30.6 Å². The van der Waals surface area contributed by atoms with E-state index in [1.807, 2.05) is 13.8 Å². The fourth-order valence-electron chi connectivity index (χ4n) is 1.83. The maximum Gasteiger partial charge on any atom is 0.257 e. The normalized spacial score (nSPS) is 10.2. The van der Waals surface area contributed by atoms with Crippen LogP contribution in [0, 0.1) is 0 Å². The van der Waals surface area contributed by atoms with Gasteiger partial charge in [0.25, 0.3) is 5.91 Å². The lowest BCUT2D eigenvalue weighted by Gasteiger charge is -2.09. The fourth-order valence-corrected chi connectivity index (χ4v) is 2.02. The number of nitrogens with one attached hydrogen (secondary N) is 2. The molecule has 23 heavy (non-hydrogen) atoms. The Morgan fingerprint density at radius 2 is 2.04 bits per heavy atom. The molecule has 0 saturated heterocycles. The smallest absolute Gasteiger partial charge is 0.257 e. The minimum absolute atomic E-state index is 0.135. The summed E-state index contributed by atoms with van der Waals surface area (Å²) >= 11 is 5.11. The fraction of sp³-hybridized carbons (Fsp3) is 0.357. The summed E-state index contributed by atoms with van der Waals surface area (Å²) < 4.78 is 6.91. The van der Waals surface area contributed by atoms with E-state index < -0.39 is 0 Å². The van der Waals surface area contributed by atoms with Crippen molar-refractivity contribution in [1.82, 2.24) is 25.5 Å². The summed E-state index contributed by atoms with van der Waals surface area (Å²) in [5, 5.41) is 16.8. The third kappa shape index (κ3) is 4.71. The molecule has 0 atom stereocenters. The van der Waals surface area contributed by atoms with Gasteiger partial charge in [0.1, 0.15) is 5.75 Å². The van der Waals surface area contributed by atoms with Gasteiger partial charge >= 0.3 is 0 Å². The van der Waals surface area contributed by atoms with Crippen LogP contribution >= 0.6 is 12.2 Å². The summed E-state index contributed by atoms with van der Waals surface area (Å²) in [6, 6.07) is 6.81. The second-order valence-corrected chi connectivity index (χ2v) is 5.00. The SMILES string of the molecule is CCCn1nnnc1NC(=S)NC(=O)c1ccc(OCC)cc1. The van der Waals surface area contributed by atoms with Gasteiger partial charge in [-0.2, -0.15) is 0 Å². The Kier molecular flexibility index (Phi) is 5.98. The predicted octanol–water partition coefficient (Wildman–Crippen LogP) is 1.61. The third-order valence-corrected chi connectivity index (χ3v) is 3.05. The van der Waals surface area contributed by atoms with E-state index in [1.54, 1.807) is 28.9 Å². The molecule has 9 heteroatoms. The van der Waals surface area contributed by atoms with E-state index in [1.165, 1.54) is 0 Å². The number of carbonyl (C=O) groups excluding carboxylic acids is 1. The number of ether oxygens (including phenoxy) is 1. The summed E-state index contributed by atoms with van der Waals surface area (Å²) in [5.74, 6) is 0.785. The molecule has 1 heterocycles. The standard InChI is InChI=1S/C14H18N6O2S/c1-3-9-20-13(17-18-19-20)16-14(23)15-12(21)10-5-7-11(8-6-10)22-4-2/h5-8H,3-4,9H2,1-2H3,(H2,15,16,17,19,21,23). The predicted molar refractivity (Wildman–Crippen MR) is 89.4 cm³/mol. The van der Waals surface area contributed by atoms with Crippen LogP contribution in [0.3, 0.4) is 0 Å². The zero-order chi connectivity index (χ0) is 16.7. The van der Waals surface area contributed by atoms with Crippen LogP contribution < -0.4 is 15.4 Å². The van der Waals surface area contributed by atoms with Crippen molar-refractivity contribution in [3.63, 3.8) is 0 Å². The van der Waals surface area contributed by atoms with E-state index >= 15 is 0 Å². The number of aromatic nitrogens is 4. The molecule has 2 aromatic rings. The van der Waals surface area contributed by atoms with Crippen LogP contribution in [0.15, 0.2) is 24.3 Å². The molecule has 8 nitrogen and oxygen atoms in total. The first-order valence-electron chi connectivity index (χ1n) is 7.25. The lowest BCUT2D eigenvalue weighted by molar-refractivity contribution is 0.0977. The Balaban J connectivity index is 1.94. The Bertz CT molecular complexity index is 670. The second-order valence-electron chi connectivity index (χ2n) is 4.59. The van der Waals surface area contributed by atoms with Crippen molar-refractivity contribution in [3.05, 3.63) is 29.8 Å². The number of thiocarbonyl (C=S) groups is 1. The molecule has 122 valence electrons. The third-order valence-electron chi connectivity index (χ3n) is 2.85. The van der Waals surface area contributed by atoms with Crippen molar-refractivity contribution in [1.29, 1.82) is 0 Å². The van der Waals surface area contributed by atoms with E-state index in [4.69, 9.17) is 17.0 Å². The quantitative estimate of drug-likeness (QED) is 0.775. The van der Waals surface area contributed by atoms with Crippen LogP contribution in [0.25, 0.3) is 0 Å². The number of benzene rings is 1. The summed E-state index contributed by atoms with van der Waals surface area (Å²) in [4.78, 5) is 12.1. The molecular formula is C14H18N6O2S. The molecule has 2 rings (SSSR count). The highest BCUT2D eigenvalue weighted by atomic mass is 32.1. The highest BCUT2D eigenvalue weighted by molar-refractivity contribution is 7.80. The zero-order valence-corrected chi connectivity index (χ0v) is 13.8. The number of aryl methyl sites for hydroxylation is 1. The number of hydrogen-bond acceptors (Lipinski definition) is 6. The Morgan fingerprint density at radius 1 is 1.30 bits per heavy atom. The van der Waals surface area contributed by atoms with Crippen LogP contribution in [0.5, 0.6) is 5.75 Å². The monoisotopic (exact) mass is 334 g/mol. The van der Waals surface area contributed by atoms with Gasteiger partial charge in [-0.3, -0.25) is 15.4 Å². The molecule has 0 spiro atoms. The van der Waals surface area contributed by atoms with E-state index in [-0.39, 0.29) is 11.0 Å². The van der Waals surface area contributed by atoms with Gasteiger partial charge in [-0.25, -0.2) is 4.68 Å². The zero-order valence-electron chi connectivity index (χ0n) is 12.9. The molecule has 1 amide bonds. The Morgan fingerprint density at radius 3 is 2.70 bits per heavy atom. The van der Waals surface area contributed by atoms with Gasteiger partial charge in [0.15, 0.2) is 5.11 Å². The number of hydrogen-bond donors (Lipinski definition) is 2. The number of tetrazole rings is 1. The molecule has 1 aromatic heterocycles. The maximum absolute atomic E-state index is 12.1. The van der Waals surface area contributed by atoms with Gasteiger partial charge in [-0.05, 0) is 60.3 Å². The molecule has 0 saturated carbocycles. The molecule has 1 aromatic carbocycles. The number of carbonyl (C=O) groups is 1.